The monoisotopic (exact) mass is 388 g/mol. The van der Waals surface area contributed by atoms with Crippen molar-refractivity contribution in [3.8, 4) is 5.75 Å². The average Bonchev–Trinajstić information content (AvgIpc) is 2.69. The molecule has 5 nitrogen and oxygen atoms in total. The lowest BCUT2D eigenvalue weighted by Gasteiger charge is -2.28. The van der Waals surface area contributed by atoms with E-state index in [4.69, 9.17) is 4.18 Å². The molecule has 0 amide bonds. The van der Waals surface area contributed by atoms with Gasteiger partial charge in [0.2, 0.25) is 0 Å². The molecule has 0 spiro atoms. The van der Waals surface area contributed by atoms with Crippen LogP contribution in [-0.4, -0.2) is 53.4 Å². The van der Waals surface area contributed by atoms with Gasteiger partial charge in [-0.15, -0.1) is 0 Å². The molecule has 3 rings (SSSR count). The predicted octanol–water partition coefficient (Wildman–Crippen LogP) is -0.108. The number of hydrogen-bond acceptors (Lipinski definition) is 3. The molecular weight excluding hydrogens is 360 g/mol. The Morgan fingerprint density at radius 1 is 0.852 bits per heavy atom. The fraction of sp³-hybridized carbons (Fsp3) is 0.333. The fourth-order valence-electron chi connectivity index (χ4n) is 3.27. The molecule has 6 heteroatoms. The molecule has 0 aliphatic carbocycles. The van der Waals surface area contributed by atoms with Crippen molar-refractivity contribution in [2.24, 2.45) is 0 Å². The summed E-state index contributed by atoms with van der Waals surface area (Å²) in [6, 6.07) is 19.0. The van der Waals surface area contributed by atoms with Crippen LogP contribution >= 0.6 is 0 Å². The highest BCUT2D eigenvalue weighted by molar-refractivity contribution is 7.87. The lowest BCUT2D eigenvalue weighted by molar-refractivity contribution is -1.01. The Bertz CT molecular complexity index is 815. The second kappa shape index (κ2) is 9.69. The van der Waals surface area contributed by atoms with Crippen LogP contribution in [0.25, 0.3) is 6.08 Å². The topological polar surface area (TPSA) is 52.2 Å². The van der Waals surface area contributed by atoms with Crippen molar-refractivity contribution < 1.29 is 22.4 Å². The van der Waals surface area contributed by atoms with Crippen LogP contribution in [0.3, 0.4) is 0 Å². The van der Waals surface area contributed by atoms with Gasteiger partial charge in [0.1, 0.15) is 37.7 Å². The SMILES string of the molecule is O=S(=O)(CC[NH+]1CC[NH+](C/C=C/c2ccccc2)CC1)Oc1ccccc1. The first-order valence-electron chi connectivity index (χ1n) is 9.47. The molecule has 144 valence electrons. The Labute approximate surface area is 162 Å². The molecule has 2 N–H and O–H groups in total. The number of piperazine rings is 1. The van der Waals surface area contributed by atoms with Gasteiger partial charge in [-0.3, -0.25) is 0 Å². The van der Waals surface area contributed by atoms with Gasteiger partial charge in [0, 0.05) is 0 Å². The lowest BCUT2D eigenvalue weighted by atomic mass is 10.2. The third kappa shape index (κ3) is 6.82. The fourth-order valence-corrected chi connectivity index (χ4v) is 4.30. The molecular formula is C21H28N2O3S+2. The Kier molecular flexibility index (Phi) is 7.04. The van der Waals surface area contributed by atoms with Gasteiger partial charge in [-0.25, -0.2) is 0 Å². The molecule has 1 saturated heterocycles. The first kappa shape index (κ1) is 19.6. The normalized spacial score (nSPS) is 20.6. The van der Waals surface area contributed by atoms with E-state index in [1.165, 1.54) is 10.5 Å². The van der Waals surface area contributed by atoms with Crippen LogP contribution in [0.4, 0.5) is 0 Å². The van der Waals surface area contributed by atoms with E-state index in [1.54, 1.807) is 29.2 Å². The molecule has 1 heterocycles. The number of quaternary nitrogens is 2. The van der Waals surface area contributed by atoms with Gasteiger partial charge in [-0.05, 0) is 23.8 Å². The summed E-state index contributed by atoms with van der Waals surface area (Å²) in [7, 11) is -3.53. The maximum Gasteiger partial charge on any atom is 0.314 e. The molecule has 1 fully saturated rings. The minimum absolute atomic E-state index is 0.0560. The number of nitrogens with one attached hydrogen (secondary N) is 2. The Balaban J connectivity index is 1.37. The van der Waals surface area contributed by atoms with Crippen LogP contribution < -0.4 is 14.0 Å². The maximum absolute atomic E-state index is 12.1. The minimum Gasteiger partial charge on any atom is -0.382 e. The zero-order valence-corrected chi connectivity index (χ0v) is 16.3. The quantitative estimate of drug-likeness (QED) is 0.621. The molecule has 0 atom stereocenters. The van der Waals surface area contributed by atoms with Crippen LogP contribution in [0.5, 0.6) is 5.75 Å². The highest BCUT2D eigenvalue weighted by Gasteiger charge is 2.24. The van der Waals surface area contributed by atoms with E-state index < -0.39 is 10.1 Å². The molecule has 0 bridgehead atoms. The van der Waals surface area contributed by atoms with Gasteiger partial charge in [0.25, 0.3) is 0 Å². The summed E-state index contributed by atoms with van der Waals surface area (Å²) in [4.78, 5) is 2.89. The summed E-state index contributed by atoms with van der Waals surface area (Å²) in [6.45, 7) is 5.73. The van der Waals surface area contributed by atoms with Crippen LogP contribution in [0.15, 0.2) is 66.7 Å². The van der Waals surface area contributed by atoms with Crippen LogP contribution in [0.1, 0.15) is 5.56 Å². The third-order valence-corrected chi connectivity index (χ3v) is 6.00. The summed E-state index contributed by atoms with van der Waals surface area (Å²) >= 11 is 0. The molecule has 27 heavy (non-hydrogen) atoms. The average molecular weight is 389 g/mol. The predicted molar refractivity (Wildman–Crippen MR) is 107 cm³/mol. The summed E-state index contributed by atoms with van der Waals surface area (Å²) in [5.74, 6) is 0.437. The summed E-state index contributed by atoms with van der Waals surface area (Å²) in [6.07, 6.45) is 4.40. The smallest absolute Gasteiger partial charge is 0.314 e. The van der Waals surface area contributed by atoms with Gasteiger partial charge in [0.05, 0.1) is 13.1 Å². The number of para-hydroxylation sites is 1. The van der Waals surface area contributed by atoms with Crippen molar-refractivity contribution in [1.29, 1.82) is 0 Å². The van der Waals surface area contributed by atoms with E-state index in [-0.39, 0.29) is 5.75 Å². The van der Waals surface area contributed by atoms with E-state index in [0.717, 1.165) is 32.7 Å². The van der Waals surface area contributed by atoms with Crippen LogP contribution in [-0.2, 0) is 10.1 Å². The van der Waals surface area contributed by atoms with Crippen LogP contribution in [0, 0.1) is 0 Å². The molecule has 0 aromatic heterocycles. The Morgan fingerprint density at radius 2 is 1.44 bits per heavy atom. The van der Waals surface area contributed by atoms with E-state index >= 15 is 0 Å². The van der Waals surface area contributed by atoms with Crippen molar-refractivity contribution in [1.82, 2.24) is 0 Å². The molecule has 0 radical (unpaired) electrons. The van der Waals surface area contributed by atoms with Gasteiger partial charge >= 0.3 is 10.1 Å². The first-order chi connectivity index (χ1) is 13.1. The number of hydrogen-bond donors (Lipinski definition) is 2. The zero-order valence-electron chi connectivity index (χ0n) is 15.5. The second-order valence-corrected chi connectivity index (χ2v) is 8.62. The third-order valence-electron chi connectivity index (χ3n) is 4.85. The summed E-state index contributed by atoms with van der Waals surface area (Å²) in [5.41, 5.74) is 1.23. The second-order valence-electron chi connectivity index (χ2n) is 6.93. The highest BCUT2D eigenvalue weighted by Crippen LogP contribution is 2.11. The molecule has 0 unspecified atom stereocenters. The summed E-state index contributed by atoms with van der Waals surface area (Å²) in [5, 5.41) is 0. The van der Waals surface area contributed by atoms with E-state index in [2.05, 4.69) is 24.3 Å². The number of benzene rings is 2. The Morgan fingerprint density at radius 3 is 2.11 bits per heavy atom. The largest absolute Gasteiger partial charge is 0.382 e. The van der Waals surface area contributed by atoms with Crippen molar-refractivity contribution in [3.05, 3.63) is 72.3 Å². The molecule has 0 saturated carbocycles. The van der Waals surface area contributed by atoms with Gasteiger partial charge < -0.3 is 14.0 Å². The van der Waals surface area contributed by atoms with Gasteiger partial charge in [0.15, 0.2) is 0 Å². The van der Waals surface area contributed by atoms with Crippen molar-refractivity contribution >= 4 is 16.2 Å². The maximum atomic E-state index is 12.1. The summed E-state index contributed by atoms with van der Waals surface area (Å²) < 4.78 is 29.4. The van der Waals surface area contributed by atoms with Gasteiger partial charge in [-0.1, -0.05) is 54.6 Å². The standard InChI is InChI=1S/C21H26N2O3S/c24-27(25,26-21-11-5-2-6-12-21)19-18-23-16-14-22(15-17-23)13-7-10-20-8-3-1-4-9-20/h1-12H,13-19H2/p+2/b10-7+. The van der Waals surface area contributed by atoms with Crippen LogP contribution in [0.2, 0.25) is 0 Å². The molecule has 2 aromatic rings. The first-order valence-corrected chi connectivity index (χ1v) is 11.0. The van der Waals surface area contributed by atoms with Crippen molar-refractivity contribution in [3.63, 3.8) is 0 Å². The lowest BCUT2D eigenvalue weighted by Crippen LogP contribution is -3.28. The minimum atomic E-state index is -3.53. The molecule has 2 aromatic carbocycles. The van der Waals surface area contributed by atoms with Crippen molar-refractivity contribution in [2.75, 3.05) is 45.0 Å². The van der Waals surface area contributed by atoms with E-state index in [1.807, 2.05) is 24.3 Å². The molecule has 1 aliphatic heterocycles. The Hall–Kier alpha value is -2.15. The zero-order chi connectivity index (χ0) is 19.0. The molecule has 1 aliphatic rings. The number of rotatable bonds is 8. The van der Waals surface area contributed by atoms with Crippen molar-refractivity contribution in [2.45, 2.75) is 0 Å². The highest BCUT2D eigenvalue weighted by atomic mass is 32.2. The van der Waals surface area contributed by atoms with E-state index in [0.29, 0.717) is 12.3 Å². The van der Waals surface area contributed by atoms with E-state index in [9.17, 15) is 8.42 Å². The van der Waals surface area contributed by atoms with Gasteiger partial charge in [-0.2, -0.15) is 8.42 Å².